The smallest absolute Gasteiger partial charge is 0.222 e. The molecule has 0 unspecified atom stereocenters. The van der Waals surface area contributed by atoms with E-state index < -0.39 is 0 Å². The molecule has 1 fully saturated rings. The van der Waals surface area contributed by atoms with Crippen molar-refractivity contribution < 1.29 is 9.59 Å². The molecule has 0 bridgehead atoms. The van der Waals surface area contributed by atoms with Crippen LogP contribution in [-0.2, 0) is 16.0 Å². The van der Waals surface area contributed by atoms with Crippen molar-refractivity contribution in [3.63, 3.8) is 0 Å². The first-order valence-electron chi connectivity index (χ1n) is 8.74. The Labute approximate surface area is 145 Å². The molecular weight excluding hydrogens is 302 g/mol. The maximum Gasteiger partial charge on any atom is 0.222 e. The topological polar surface area (TPSA) is 52.7 Å². The van der Waals surface area contributed by atoms with Crippen molar-refractivity contribution in [2.75, 3.05) is 38.6 Å². The second kappa shape index (κ2) is 8.71. The minimum atomic E-state index is 0.0220. The van der Waals surface area contributed by atoms with Gasteiger partial charge in [-0.05, 0) is 42.9 Å². The van der Waals surface area contributed by atoms with Gasteiger partial charge in [-0.25, -0.2) is 0 Å². The van der Waals surface area contributed by atoms with Crippen LogP contribution in [-0.4, -0.2) is 50.4 Å². The van der Waals surface area contributed by atoms with Gasteiger partial charge in [-0.3, -0.25) is 9.59 Å². The third kappa shape index (κ3) is 5.55. The highest BCUT2D eigenvalue weighted by molar-refractivity contribution is 5.76. The molecule has 0 spiro atoms. The van der Waals surface area contributed by atoms with Gasteiger partial charge in [0.05, 0.1) is 0 Å². The Hall–Kier alpha value is -2.04. The number of aryl methyl sites for hydroxylation is 1. The van der Waals surface area contributed by atoms with Gasteiger partial charge in [-0.2, -0.15) is 0 Å². The third-order valence-corrected chi connectivity index (χ3v) is 4.69. The largest absolute Gasteiger partial charge is 0.378 e. The Kier molecular flexibility index (Phi) is 6.64. The summed E-state index contributed by atoms with van der Waals surface area (Å²) in [5.41, 5.74) is 2.38. The van der Waals surface area contributed by atoms with Gasteiger partial charge in [0.25, 0.3) is 0 Å². The molecule has 0 saturated carbocycles. The average Bonchev–Trinajstić information content (AvgIpc) is 2.58. The van der Waals surface area contributed by atoms with Gasteiger partial charge in [0.15, 0.2) is 0 Å². The highest BCUT2D eigenvalue weighted by Gasteiger charge is 2.22. The normalized spacial score (nSPS) is 15.2. The first-order chi connectivity index (χ1) is 11.5. The number of hydrogen-bond acceptors (Lipinski definition) is 3. The van der Waals surface area contributed by atoms with Crippen LogP contribution in [0.5, 0.6) is 0 Å². The molecule has 2 amide bonds. The van der Waals surface area contributed by atoms with E-state index in [1.807, 2.05) is 19.0 Å². The van der Waals surface area contributed by atoms with E-state index in [0.717, 1.165) is 38.9 Å². The zero-order chi connectivity index (χ0) is 17.5. The van der Waals surface area contributed by atoms with Crippen LogP contribution in [0, 0.1) is 5.92 Å². The first kappa shape index (κ1) is 18.3. The Morgan fingerprint density at radius 2 is 1.79 bits per heavy atom. The standard InChI is InChI=1S/C19H29N3O2/c1-15(23)20-14-17-10-12-22(13-11-17)19(24)9-6-16-4-7-18(8-5-16)21(2)3/h4-5,7-8,17H,6,9-14H2,1-3H3,(H,20,23). The van der Waals surface area contributed by atoms with Gasteiger partial charge >= 0.3 is 0 Å². The van der Waals surface area contributed by atoms with Crippen LogP contribution < -0.4 is 10.2 Å². The lowest BCUT2D eigenvalue weighted by Crippen LogP contribution is -2.41. The van der Waals surface area contributed by atoms with E-state index in [0.29, 0.717) is 12.3 Å². The van der Waals surface area contributed by atoms with Gasteiger partial charge in [0, 0.05) is 52.8 Å². The number of carbonyl (C=O) groups is 2. The zero-order valence-corrected chi connectivity index (χ0v) is 15.0. The van der Waals surface area contributed by atoms with Crippen molar-refractivity contribution in [2.24, 2.45) is 5.92 Å². The number of piperidine rings is 1. The number of rotatable bonds is 6. The number of hydrogen-bond donors (Lipinski definition) is 1. The van der Waals surface area contributed by atoms with E-state index >= 15 is 0 Å². The van der Waals surface area contributed by atoms with Gasteiger partial charge in [0.2, 0.25) is 11.8 Å². The van der Waals surface area contributed by atoms with Gasteiger partial charge < -0.3 is 15.1 Å². The summed E-state index contributed by atoms with van der Waals surface area (Å²) < 4.78 is 0. The Bertz CT molecular complexity index is 546. The summed E-state index contributed by atoms with van der Waals surface area (Å²) >= 11 is 0. The predicted octanol–water partition coefficient (Wildman–Crippen LogP) is 2.06. The Morgan fingerprint density at radius 1 is 1.17 bits per heavy atom. The highest BCUT2D eigenvalue weighted by Crippen LogP contribution is 2.18. The molecule has 0 aromatic heterocycles. The molecule has 1 heterocycles. The van der Waals surface area contributed by atoms with Crippen LogP contribution in [0.25, 0.3) is 0 Å². The van der Waals surface area contributed by atoms with Crippen LogP contribution in [0.4, 0.5) is 5.69 Å². The summed E-state index contributed by atoms with van der Waals surface area (Å²) in [5, 5.41) is 2.87. The molecule has 1 aromatic carbocycles. The lowest BCUT2D eigenvalue weighted by Gasteiger charge is -2.32. The lowest BCUT2D eigenvalue weighted by atomic mass is 9.96. The van der Waals surface area contributed by atoms with E-state index in [1.54, 1.807) is 6.92 Å². The summed E-state index contributed by atoms with van der Waals surface area (Å²) in [7, 11) is 4.04. The van der Waals surface area contributed by atoms with Crippen molar-refractivity contribution >= 4 is 17.5 Å². The molecule has 1 saturated heterocycles. The molecule has 24 heavy (non-hydrogen) atoms. The van der Waals surface area contributed by atoms with Crippen LogP contribution in [0.15, 0.2) is 24.3 Å². The molecule has 0 radical (unpaired) electrons. The number of benzene rings is 1. The third-order valence-electron chi connectivity index (χ3n) is 4.69. The minimum Gasteiger partial charge on any atom is -0.378 e. The number of anilines is 1. The molecule has 5 heteroatoms. The van der Waals surface area contributed by atoms with Gasteiger partial charge in [0.1, 0.15) is 0 Å². The van der Waals surface area contributed by atoms with E-state index in [4.69, 9.17) is 0 Å². The molecule has 0 atom stereocenters. The summed E-state index contributed by atoms with van der Waals surface area (Å²) in [4.78, 5) is 27.4. The highest BCUT2D eigenvalue weighted by atomic mass is 16.2. The molecule has 1 aliphatic heterocycles. The predicted molar refractivity (Wildman–Crippen MR) is 97.1 cm³/mol. The fourth-order valence-corrected chi connectivity index (χ4v) is 3.04. The van der Waals surface area contributed by atoms with Gasteiger partial charge in [-0.15, -0.1) is 0 Å². The van der Waals surface area contributed by atoms with Crippen LogP contribution in [0.3, 0.4) is 0 Å². The Balaban J connectivity index is 1.72. The lowest BCUT2D eigenvalue weighted by molar-refractivity contribution is -0.132. The molecule has 1 aromatic rings. The maximum atomic E-state index is 12.4. The summed E-state index contributed by atoms with van der Waals surface area (Å²) in [6, 6.07) is 8.38. The maximum absolute atomic E-state index is 12.4. The molecule has 1 aliphatic rings. The minimum absolute atomic E-state index is 0.0220. The number of nitrogens with zero attached hydrogens (tertiary/aromatic N) is 2. The number of nitrogens with one attached hydrogen (secondary N) is 1. The molecule has 132 valence electrons. The van der Waals surface area contributed by atoms with Crippen LogP contribution >= 0.6 is 0 Å². The first-order valence-corrected chi connectivity index (χ1v) is 8.74. The number of amides is 2. The molecular formula is C19H29N3O2. The van der Waals surface area contributed by atoms with E-state index in [2.05, 4.69) is 34.5 Å². The number of likely N-dealkylation sites (tertiary alicyclic amines) is 1. The monoisotopic (exact) mass is 331 g/mol. The average molecular weight is 331 g/mol. The van der Waals surface area contributed by atoms with E-state index in [-0.39, 0.29) is 11.8 Å². The van der Waals surface area contributed by atoms with E-state index in [1.165, 1.54) is 11.3 Å². The summed E-state index contributed by atoms with van der Waals surface area (Å²) in [6.45, 7) is 3.89. The quantitative estimate of drug-likeness (QED) is 0.868. The second-order valence-electron chi connectivity index (χ2n) is 6.82. The summed E-state index contributed by atoms with van der Waals surface area (Å²) in [6.07, 6.45) is 3.31. The SMILES string of the molecule is CC(=O)NCC1CCN(C(=O)CCc2ccc(N(C)C)cc2)CC1. The van der Waals surface area contributed by atoms with Crippen molar-refractivity contribution in [2.45, 2.75) is 32.6 Å². The molecule has 0 aliphatic carbocycles. The van der Waals surface area contributed by atoms with Crippen molar-refractivity contribution in [3.8, 4) is 0 Å². The van der Waals surface area contributed by atoms with Crippen molar-refractivity contribution in [1.82, 2.24) is 10.2 Å². The zero-order valence-electron chi connectivity index (χ0n) is 15.0. The fraction of sp³-hybridized carbons (Fsp3) is 0.579. The number of carbonyl (C=O) groups excluding carboxylic acids is 2. The van der Waals surface area contributed by atoms with Crippen LogP contribution in [0.2, 0.25) is 0 Å². The fourth-order valence-electron chi connectivity index (χ4n) is 3.04. The van der Waals surface area contributed by atoms with Crippen molar-refractivity contribution in [1.29, 1.82) is 0 Å². The molecule has 2 rings (SSSR count). The van der Waals surface area contributed by atoms with Crippen molar-refractivity contribution in [3.05, 3.63) is 29.8 Å². The van der Waals surface area contributed by atoms with Crippen LogP contribution in [0.1, 0.15) is 31.7 Å². The molecule has 1 N–H and O–H groups in total. The Morgan fingerprint density at radius 3 is 2.33 bits per heavy atom. The molecule has 5 nitrogen and oxygen atoms in total. The second-order valence-corrected chi connectivity index (χ2v) is 6.82. The summed E-state index contributed by atoms with van der Waals surface area (Å²) in [5.74, 6) is 0.759. The van der Waals surface area contributed by atoms with Gasteiger partial charge in [-0.1, -0.05) is 12.1 Å². The van der Waals surface area contributed by atoms with E-state index in [9.17, 15) is 9.59 Å².